The Hall–Kier alpha value is -1.62. The molecule has 1 saturated heterocycles. The van der Waals surface area contributed by atoms with Gasteiger partial charge in [-0.2, -0.15) is 0 Å². The van der Waals surface area contributed by atoms with Gasteiger partial charge in [0.2, 0.25) is 0 Å². The van der Waals surface area contributed by atoms with E-state index in [0.29, 0.717) is 23.8 Å². The number of aromatic nitrogens is 1. The van der Waals surface area contributed by atoms with Gasteiger partial charge in [-0.05, 0) is 31.4 Å². The van der Waals surface area contributed by atoms with Crippen molar-refractivity contribution in [3.63, 3.8) is 0 Å². The van der Waals surface area contributed by atoms with Gasteiger partial charge in [0.25, 0.3) is 5.91 Å². The highest BCUT2D eigenvalue weighted by molar-refractivity contribution is 5.99. The van der Waals surface area contributed by atoms with Crippen LogP contribution in [0, 0.1) is 5.92 Å². The van der Waals surface area contributed by atoms with Crippen molar-refractivity contribution in [1.29, 1.82) is 0 Å². The van der Waals surface area contributed by atoms with Crippen LogP contribution in [-0.2, 0) is 0 Å². The maximum atomic E-state index is 12.6. The predicted octanol–water partition coefficient (Wildman–Crippen LogP) is 1.36. The highest BCUT2D eigenvalue weighted by Crippen LogP contribution is 2.26. The number of hydrogen-bond acceptors (Lipinski definition) is 4. The highest BCUT2D eigenvalue weighted by Gasteiger charge is 2.35. The number of carbonyl (C=O) groups excluding carboxylic acids is 1. The summed E-state index contributed by atoms with van der Waals surface area (Å²) in [5.74, 6) is 0.909. The molecule has 1 aromatic heterocycles. The first-order chi connectivity index (χ1) is 9.19. The Morgan fingerprint density at radius 2 is 2.42 bits per heavy atom. The molecule has 1 aliphatic rings. The molecule has 104 valence electrons. The summed E-state index contributed by atoms with van der Waals surface area (Å²) in [6.45, 7) is 5.48. The minimum absolute atomic E-state index is 0.0176. The topological polar surface area (TPSA) is 65.5 Å². The van der Waals surface area contributed by atoms with Gasteiger partial charge in [-0.25, -0.2) is 4.98 Å². The molecule has 2 N–H and O–H groups in total. The Balaban J connectivity index is 2.24. The van der Waals surface area contributed by atoms with E-state index in [1.165, 1.54) is 0 Å². The van der Waals surface area contributed by atoms with Gasteiger partial charge in [-0.1, -0.05) is 6.92 Å². The number of aliphatic hydroxyl groups is 1. The minimum Gasteiger partial charge on any atom is -0.394 e. The molecule has 0 aromatic carbocycles. The number of hydrogen-bond donors (Lipinski definition) is 2. The molecule has 2 unspecified atom stereocenters. The van der Waals surface area contributed by atoms with Crippen LogP contribution in [-0.4, -0.2) is 46.6 Å². The molecule has 0 bridgehead atoms. The molecule has 2 atom stereocenters. The first-order valence-electron chi connectivity index (χ1n) is 6.79. The molecule has 1 fully saturated rings. The van der Waals surface area contributed by atoms with Gasteiger partial charge < -0.3 is 15.3 Å². The molecule has 2 heterocycles. The van der Waals surface area contributed by atoms with Crippen molar-refractivity contribution in [2.45, 2.75) is 26.3 Å². The van der Waals surface area contributed by atoms with Gasteiger partial charge in [-0.15, -0.1) is 0 Å². The Morgan fingerprint density at radius 1 is 1.63 bits per heavy atom. The highest BCUT2D eigenvalue weighted by atomic mass is 16.3. The molecule has 1 amide bonds. The van der Waals surface area contributed by atoms with Gasteiger partial charge in [0.1, 0.15) is 5.82 Å². The van der Waals surface area contributed by atoms with Gasteiger partial charge in [0.15, 0.2) is 0 Å². The zero-order valence-electron chi connectivity index (χ0n) is 11.5. The van der Waals surface area contributed by atoms with Gasteiger partial charge in [0, 0.05) is 19.3 Å². The van der Waals surface area contributed by atoms with Crippen molar-refractivity contribution in [2.24, 2.45) is 5.92 Å². The van der Waals surface area contributed by atoms with Gasteiger partial charge >= 0.3 is 0 Å². The smallest absolute Gasteiger partial charge is 0.257 e. The third-order valence-corrected chi connectivity index (χ3v) is 3.71. The van der Waals surface area contributed by atoms with Gasteiger partial charge in [-0.3, -0.25) is 4.79 Å². The SMILES string of the molecule is CCNc1ncccc1C(=O)N1CCC(C)C1CO. The number of rotatable bonds is 4. The van der Waals surface area contributed by atoms with E-state index in [0.717, 1.165) is 13.0 Å². The molecular formula is C14H21N3O2. The van der Waals surface area contributed by atoms with Crippen molar-refractivity contribution < 1.29 is 9.90 Å². The van der Waals surface area contributed by atoms with Crippen LogP contribution in [0.3, 0.4) is 0 Å². The number of nitrogens with one attached hydrogen (secondary N) is 1. The number of nitrogens with zero attached hydrogens (tertiary/aromatic N) is 2. The quantitative estimate of drug-likeness (QED) is 0.860. The second-order valence-corrected chi connectivity index (χ2v) is 4.94. The Bertz CT molecular complexity index is 450. The number of carbonyl (C=O) groups is 1. The molecule has 19 heavy (non-hydrogen) atoms. The molecular weight excluding hydrogens is 242 g/mol. The van der Waals surface area contributed by atoms with Crippen LogP contribution in [0.25, 0.3) is 0 Å². The summed E-state index contributed by atoms with van der Waals surface area (Å²) in [7, 11) is 0. The first-order valence-corrected chi connectivity index (χ1v) is 6.79. The summed E-state index contributed by atoms with van der Waals surface area (Å²) in [5, 5.41) is 12.6. The van der Waals surface area contributed by atoms with E-state index in [4.69, 9.17) is 0 Å². The second kappa shape index (κ2) is 6.02. The molecule has 0 aliphatic carbocycles. The largest absolute Gasteiger partial charge is 0.394 e. The van der Waals surface area contributed by atoms with Gasteiger partial charge in [0.05, 0.1) is 18.2 Å². The third kappa shape index (κ3) is 2.71. The standard InChI is InChI=1S/C14H21N3O2/c1-3-15-13-11(5-4-7-16-13)14(19)17-8-6-10(2)12(17)9-18/h4-5,7,10,12,18H,3,6,8-9H2,1-2H3,(H,15,16). The van der Waals surface area contributed by atoms with E-state index < -0.39 is 0 Å². The Kier molecular flexibility index (Phi) is 4.37. The molecule has 0 saturated carbocycles. The molecule has 0 radical (unpaired) electrons. The average Bonchev–Trinajstić information content (AvgIpc) is 2.80. The van der Waals surface area contributed by atoms with E-state index in [2.05, 4.69) is 17.2 Å². The number of anilines is 1. The van der Waals surface area contributed by atoms with Crippen molar-refractivity contribution in [3.05, 3.63) is 23.9 Å². The Morgan fingerprint density at radius 3 is 3.11 bits per heavy atom. The fraction of sp³-hybridized carbons (Fsp3) is 0.571. The number of amides is 1. The lowest BCUT2D eigenvalue weighted by atomic mass is 10.0. The summed E-state index contributed by atoms with van der Waals surface area (Å²) in [6.07, 6.45) is 2.61. The second-order valence-electron chi connectivity index (χ2n) is 4.94. The van der Waals surface area contributed by atoms with Crippen LogP contribution in [0.2, 0.25) is 0 Å². The summed E-state index contributed by atoms with van der Waals surface area (Å²) in [5.41, 5.74) is 0.580. The summed E-state index contributed by atoms with van der Waals surface area (Å²) in [6, 6.07) is 3.47. The number of likely N-dealkylation sites (tertiary alicyclic amines) is 1. The summed E-state index contributed by atoms with van der Waals surface area (Å²) >= 11 is 0. The van der Waals surface area contributed by atoms with Crippen LogP contribution in [0.4, 0.5) is 5.82 Å². The average molecular weight is 263 g/mol. The van der Waals surface area contributed by atoms with Crippen molar-refractivity contribution in [1.82, 2.24) is 9.88 Å². The normalized spacial score (nSPS) is 22.6. The van der Waals surface area contributed by atoms with Crippen molar-refractivity contribution in [2.75, 3.05) is 25.0 Å². The first kappa shape index (κ1) is 13.8. The number of aliphatic hydroxyl groups excluding tert-OH is 1. The predicted molar refractivity (Wildman–Crippen MR) is 74.1 cm³/mol. The maximum Gasteiger partial charge on any atom is 0.257 e. The van der Waals surface area contributed by atoms with Crippen LogP contribution in [0.5, 0.6) is 0 Å². The lowest BCUT2D eigenvalue weighted by molar-refractivity contribution is 0.0649. The van der Waals surface area contributed by atoms with E-state index >= 15 is 0 Å². The molecule has 5 heteroatoms. The number of pyridine rings is 1. The summed E-state index contributed by atoms with van der Waals surface area (Å²) < 4.78 is 0. The van der Waals surface area contributed by atoms with Crippen LogP contribution in [0.15, 0.2) is 18.3 Å². The molecule has 1 aromatic rings. The van der Waals surface area contributed by atoms with Crippen molar-refractivity contribution in [3.8, 4) is 0 Å². The molecule has 1 aliphatic heterocycles. The lowest BCUT2D eigenvalue weighted by Gasteiger charge is -2.26. The molecule has 0 spiro atoms. The van der Waals surface area contributed by atoms with Crippen molar-refractivity contribution >= 4 is 11.7 Å². The van der Waals surface area contributed by atoms with Crippen LogP contribution < -0.4 is 5.32 Å². The van der Waals surface area contributed by atoms with Crippen LogP contribution in [0.1, 0.15) is 30.6 Å². The lowest BCUT2D eigenvalue weighted by Crippen LogP contribution is -2.40. The fourth-order valence-electron chi connectivity index (χ4n) is 2.58. The molecule has 5 nitrogen and oxygen atoms in total. The van der Waals surface area contributed by atoms with E-state index in [9.17, 15) is 9.90 Å². The molecule has 2 rings (SSSR count). The zero-order valence-corrected chi connectivity index (χ0v) is 11.5. The zero-order chi connectivity index (χ0) is 13.8. The van der Waals surface area contributed by atoms with E-state index in [1.807, 2.05) is 6.92 Å². The van der Waals surface area contributed by atoms with Crippen LogP contribution >= 0.6 is 0 Å². The fourth-order valence-corrected chi connectivity index (χ4v) is 2.58. The Labute approximate surface area is 113 Å². The van der Waals surface area contributed by atoms with E-state index in [1.54, 1.807) is 23.2 Å². The maximum absolute atomic E-state index is 12.6. The van der Waals surface area contributed by atoms with E-state index in [-0.39, 0.29) is 18.6 Å². The monoisotopic (exact) mass is 263 g/mol. The summed E-state index contributed by atoms with van der Waals surface area (Å²) in [4.78, 5) is 18.6. The third-order valence-electron chi connectivity index (χ3n) is 3.71. The minimum atomic E-state index is -0.0813.